The molecule has 0 saturated heterocycles. The fraction of sp³-hybridized carbons (Fsp3) is 0. The van der Waals surface area contributed by atoms with Crippen molar-refractivity contribution in [3.05, 3.63) is 60.0 Å². The molecule has 0 fully saturated rings. The molecule has 0 saturated carbocycles. The highest BCUT2D eigenvalue weighted by atomic mass is 32.1. The molecule has 4 aromatic heterocycles. The zero-order chi connectivity index (χ0) is 17.9. The molecule has 0 unspecified atom stereocenters. The fourth-order valence-corrected chi connectivity index (χ4v) is 2.80. The van der Waals surface area contributed by atoms with Crippen LogP contribution in [-0.2, 0) is 0 Å². The predicted molar refractivity (Wildman–Crippen MR) is 90.2 cm³/mol. The third-order valence-corrected chi connectivity index (χ3v) is 4.04. The Morgan fingerprint density at radius 2 is 2.08 bits per heavy atom. The van der Waals surface area contributed by atoms with E-state index in [9.17, 15) is 9.18 Å². The molecule has 4 heterocycles. The Morgan fingerprint density at radius 1 is 1.15 bits per heavy atom. The highest BCUT2D eigenvalue weighted by Crippen LogP contribution is 2.24. The van der Waals surface area contributed by atoms with E-state index in [1.54, 1.807) is 11.4 Å². The molecule has 0 aliphatic carbocycles. The molecule has 0 aliphatic heterocycles. The molecule has 0 radical (unpaired) electrons. The third-order valence-electron chi connectivity index (χ3n) is 3.28. The van der Waals surface area contributed by atoms with Crippen LogP contribution in [0.15, 0.2) is 48.5 Å². The van der Waals surface area contributed by atoms with Gasteiger partial charge in [-0.25, -0.2) is 19.3 Å². The van der Waals surface area contributed by atoms with Gasteiger partial charge in [0.05, 0.1) is 18.1 Å². The Hall–Kier alpha value is -3.60. The second-order valence-electron chi connectivity index (χ2n) is 4.95. The van der Waals surface area contributed by atoms with Gasteiger partial charge in [0, 0.05) is 17.6 Å². The van der Waals surface area contributed by atoms with Crippen molar-refractivity contribution in [2.75, 3.05) is 5.32 Å². The molecule has 1 amide bonds. The Balaban J connectivity index is 1.55. The van der Waals surface area contributed by atoms with E-state index in [0.717, 1.165) is 6.20 Å². The van der Waals surface area contributed by atoms with Gasteiger partial charge in [0.1, 0.15) is 17.8 Å². The first-order chi connectivity index (χ1) is 12.7. The van der Waals surface area contributed by atoms with Crippen molar-refractivity contribution >= 4 is 22.4 Å². The van der Waals surface area contributed by atoms with Crippen LogP contribution < -0.4 is 5.32 Å². The molecular formula is C15H9FN8OS. The second-order valence-corrected chi connectivity index (χ2v) is 5.81. The van der Waals surface area contributed by atoms with E-state index in [-0.39, 0.29) is 5.69 Å². The SMILES string of the molecule is O=C(Nc1nc(-c2ccc(F)cn2)cs1)c1cnnn1-c1ccncn1. The minimum atomic E-state index is -0.443. The lowest BCUT2D eigenvalue weighted by Gasteiger charge is -2.04. The van der Waals surface area contributed by atoms with Gasteiger partial charge in [-0.15, -0.1) is 16.4 Å². The summed E-state index contributed by atoms with van der Waals surface area (Å²) in [6.07, 6.45) is 5.32. The van der Waals surface area contributed by atoms with Crippen LogP contribution in [0.3, 0.4) is 0 Å². The van der Waals surface area contributed by atoms with Crippen molar-refractivity contribution in [3.63, 3.8) is 0 Å². The van der Waals surface area contributed by atoms with Crippen molar-refractivity contribution in [3.8, 4) is 17.2 Å². The topological polar surface area (TPSA) is 111 Å². The minimum Gasteiger partial charge on any atom is -0.296 e. The summed E-state index contributed by atoms with van der Waals surface area (Å²) in [5.74, 6) is -0.456. The number of amides is 1. The van der Waals surface area contributed by atoms with Gasteiger partial charge in [-0.1, -0.05) is 5.21 Å². The largest absolute Gasteiger partial charge is 0.296 e. The average Bonchev–Trinajstić information content (AvgIpc) is 3.32. The number of anilines is 1. The molecule has 0 aromatic carbocycles. The number of nitrogens with zero attached hydrogens (tertiary/aromatic N) is 7. The summed E-state index contributed by atoms with van der Waals surface area (Å²) in [7, 11) is 0. The predicted octanol–water partition coefficient (Wildman–Crippen LogP) is 1.97. The van der Waals surface area contributed by atoms with E-state index in [1.807, 2.05) is 0 Å². The van der Waals surface area contributed by atoms with E-state index in [1.165, 1.54) is 46.9 Å². The Labute approximate surface area is 149 Å². The second kappa shape index (κ2) is 6.72. The molecule has 128 valence electrons. The smallest absolute Gasteiger partial charge is 0.277 e. The van der Waals surface area contributed by atoms with Gasteiger partial charge >= 0.3 is 0 Å². The van der Waals surface area contributed by atoms with Gasteiger partial charge in [0.2, 0.25) is 0 Å². The molecule has 4 aromatic rings. The molecule has 26 heavy (non-hydrogen) atoms. The number of hydrogen-bond donors (Lipinski definition) is 1. The van der Waals surface area contributed by atoms with Crippen LogP contribution in [0.25, 0.3) is 17.2 Å². The molecular weight excluding hydrogens is 359 g/mol. The molecule has 0 bridgehead atoms. The molecule has 0 spiro atoms. The number of aromatic nitrogens is 7. The van der Waals surface area contributed by atoms with Crippen molar-refractivity contribution in [1.29, 1.82) is 0 Å². The molecule has 9 nitrogen and oxygen atoms in total. The lowest BCUT2D eigenvalue weighted by atomic mass is 10.3. The number of rotatable bonds is 4. The van der Waals surface area contributed by atoms with Gasteiger partial charge in [0.15, 0.2) is 16.6 Å². The highest BCUT2D eigenvalue weighted by molar-refractivity contribution is 7.14. The van der Waals surface area contributed by atoms with Crippen LogP contribution >= 0.6 is 11.3 Å². The zero-order valence-corrected chi connectivity index (χ0v) is 13.8. The first-order valence-corrected chi connectivity index (χ1v) is 8.14. The van der Waals surface area contributed by atoms with Crippen LogP contribution in [0.2, 0.25) is 0 Å². The highest BCUT2D eigenvalue weighted by Gasteiger charge is 2.17. The van der Waals surface area contributed by atoms with Gasteiger partial charge < -0.3 is 0 Å². The lowest BCUT2D eigenvalue weighted by Crippen LogP contribution is -2.17. The standard InChI is InChI=1S/C15H9FN8OS/c16-9-1-2-10(18-5-9)11-7-26-15(21-11)22-14(25)12-6-20-23-24(12)13-3-4-17-8-19-13/h1-8H,(H,21,22,25). The van der Waals surface area contributed by atoms with Gasteiger partial charge in [-0.2, -0.15) is 4.68 Å². The number of pyridine rings is 1. The maximum Gasteiger partial charge on any atom is 0.277 e. The minimum absolute atomic E-state index is 0.195. The van der Waals surface area contributed by atoms with E-state index >= 15 is 0 Å². The number of hydrogen-bond acceptors (Lipinski definition) is 8. The molecule has 0 atom stereocenters. The van der Waals surface area contributed by atoms with Crippen LogP contribution in [-0.4, -0.2) is 40.8 Å². The number of carbonyl (C=O) groups excluding carboxylic acids is 1. The normalized spacial score (nSPS) is 10.7. The van der Waals surface area contributed by atoms with E-state index in [0.29, 0.717) is 22.3 Å². The zero-order valence-electron chi connectivity index (χ0n) is 12.9. The third kappa shape index (κ3) is 3.15. The number of thiazole rings is 1. The summed E-state index contributed by atoms with van der Waals surface area (Å²) in [5, 5.41) is 12.4. The summed E-state index contributed by atoms with van der Waals surface area (Å²) < 4.78 is 14.3. The maximum absolute atomic E-state index is 13.0. The number of halogens is 1. The molecule has 11 heteroatoms. The monoisotopic (exact) mass is 368 g/mol. The summed E-state index contributed by atoms with van der Waals surface area (Å²) in [4.78, 5) is 28.6. The summed E-state index contributed by atoms with van der Waals surface area (Å²) in [6.45, 7) is 0. The van der Waals surface area contributed by atoms with Crippen LogP contribution in [0.1, 0.15) is 10.5 Å². The van der Waals surface area contributed by atoms with E-state index < -0.39 is 11.7 Å². The maximum atomic E-state index is 13.0. The molecule has 1 N–H and O–H groups in total. The van der Waals surface area contributed by atoms with Crippen molar-refractivity contribution in [2.24, 2.45) is 0 Å². The van der Waals surface area contributed by atoms with E-state index in [2.05, 4.69) is 35.6 Å². The van der Waals surface area contributed by atoms with Gasteiger partial charge in [-0.05, 0) is 12.1 Å². The fourth-order valence-electron chi connectivity index (χ4n) is 2.11. The first-order valence-electron chi connectivity index (χ1n) is 7.26. The average molecular weight is 368 g/mol. The molecule has 4 rings (SSSR count). The summed E-state index contributed by atoms with van der Waals surface area (Å²) >= 11 is 1.22. The molecule has 0 aliphatic rings. The Morgan fingerprint density at radius 3 is 2.85 bits per heavy atom. The quantitative estimate of drug-likeness (QED) is 0.586. The van der Waals surface area contributed by atoms with Gasteiger partial charge in [0.25, 0.3) is 5.91 Å². The van der Waals surface area contributed by atoms with Crippen LogP contribution in [0.5, 0.6) is 0 Å². The number of nitrogens with one attached hydrogen (secondary N) is 1. The van der Waals surface area contributed by atoms with Crippen molar-refractivity contribution in [2.45, 2.75) is 0 Å². The Bertz CT molecular complexity index is 1050. The van der Waals surface area contributed by atoms with Crippen LogP contribution in [0.4, 0.5) is 9.52 Å². The summed E-state index contributed by atoms with van der Waals surface area (Å²) in [6, 6.07) is 4.42. The number of carbonyl (C=O) groups is 1. The summed E-state index contributed by atoms with van der Waals surface area (Å²) in [5.41, 5.74) is 1.24. The van der Waals surface area contributed by atoms with Gasteiger partial charge in [-0.3, -0.25) is 15.1 Å². The van der Waals surface area contributed by atoms with Crippen molar-refractivity contribution in [1.82, 2.24) is 34.9 Å². The Kier molecular flexibility index (Phi) is 4.11. The van der Waals surface area contributed by atoms with E-state index in [4.69, 9.17) is 0 Å². The lowest BCUT2D eigenvalue weighted by molar-refractivity contribution is 0.101. The first kappa shape index (κ1) is 15.9. The van der Waals surface area contributed by atoms with Crippen LogP contribution in [0, 0.1) is 5.82 Å². The van der Waals surface area contributed by atoms with Crippen molar-refractivity contribution < 1.29 is 9.18 Å².